The van der Waals surface area contributed by atoms with Gasteiger partial charge in [-0.05, 0) is 41.1 Å². The van der Waals surface area contributed by atoms with Crippen molar-refractivity contribution in [2.45, 2.75) is 27.7 Å². The molecule has 0 aliphatic carbocycles. The van der Waals surface area contributed by atoms with Gasteiger partial charge in [0.05, 0.1) is 0 Å². The SMILES string of the molecule is Cc1ccc(-c2[c-]cc(C)c(C)c2C)nc1.[Ir].[c-]1ccccc1-c1cc(-c2ccccc2)ccn1. The first-order chi connectivity index (χ1) is 16.5. The normalized spacial score (nSPS) is 10.1. The fraction of sp³-hybridized carbons (Fsp3) is 0.125. The zero-order chi connectivity index (χ0) is 23.9. The molecule has 5 rings (SSSR count). The molecule has 3 aromatic carbocycles. The molecule has 0 saturated carbocycles. The minimum atomic E-state index is 0. The first-order valence-corrected chi connectivity index (χ1v) is 11.4. The Morgan fingerprint density at radius 3 is 2.11 bits per heavy atom. The number of aromatic nitrogens is 2. The molecule has 0 amide bonds. The Morgan fingerprint density at radius 1 is 0.657 bits per heavy atom. The van der Waals surface area contributed by atoms with Crippen LogP contribution in [0.3, 0.4) is 0 Å². The number of hydrogen-bond acceptors (Lipinski definition) is 2. The molecule has 0 aliphatic heterocycles. The summed E-state index contributed by atoms with van der Waals surface area (Å²) in [7, 11) is 0. The first kappa shape index (κ1) is 26.2. The van der Waals surface area contributed by atoms with Crippen molar-refractivity contribution in [3.63, 3.8) is 0 Å². The number of benzene rings is 3. The van der Waals surface area contributed by atoms with E-state index in [-0.39, 0.29) is 20.1 Å². The van der Waals surface area contributed by atoms with E-state index in [4.69, 9.17) is 0 Å². The van der Waals surface area contributed by atoms with Crippen LogP contribution in [0.15, 0.2) is 97.3 Å². The van der Waals surface area contributed by atoms with Gasteiger partial charge < -0.3 is 9.97 Å². The van der Waals surface area contributed by atoms with Crippen molar-refractivity contribution < 1.29 is 20.1 Å². The van der Waals surface area contributed by atoms with Gasteiger partial charge in [0.1, 0.15) is 0 Å². The zero-order valence-corrected chi connectivity index (χ0v) is 22.9. The predicted molar refractivity (Wildman–Crippen MR) is 141 cm³/mol. The Balaban J connectivity index is 0.000000192. The average molecular weight is 633 g/mol. The molecule has 2 heterocycles. The Bertz CT molecular complexity index is 1310. The van der Waals surface area contributed by atoms with Crippen molar-refractivity contribution in [1.82, 2.24) is 9.97 Å². The van der Waals surface area contributed by atoms with Crippen LogP contribution in [0.25, 0.3) is 33.6 Å². The maximum atomic E-state index is 4.45. The van der Waals surface area contributed by atoms with Gasteiger partial charge in [-0.25, -0.2) is 0 Å². The van der Waals surface area contributed by atoms with Crippen LogP contribution in [0.4, 0.5) is 0 Å². The molecule has 35 heavy (non-hydrogen) atoms. The van der Waals surface area contributed by atoms with Crippen LogP contribution in [0.1, 0.15) is 22.3 Å². The maximum Gasteiger partial charge on any atom is 0.0190 e. The van der Waals surface area contributed by atoms with Crippen LogP contribution in [0, 0.1) is 39.8 Å². The molecule has 1 radical (unpaired) electrons. The number of hydrogen-bond donors (Lipinski definition) is 0. The molecule has 0 fully saturated rings. The largest absolute Gasteiger partial charge is 0.305 e. The van der Waals surface area contributed by atoms with E-state index in [1.165, 1.54) is 33.4 Å². The minimum Gasteiger partial charge on any atom is -0.305 e. The summed E-state index contributed by atoms with van der Waals surface area (Å²) in [4.78, 5) is 8.85. The summed E-state index contributed by atoms with van der Waals surface area (Å²) < 4.78 is 0. The summed E-state index contributed by atoms with van der Waals surface area (Å²) in [6.07, 6.45) is 3.75. The van der Waals surface area contributed by atoms with Gasteiger partial charge in [0.15, 0.2) is 0 Å². The number of rotatable bonds is 3. The minimum absolute atomic E-state index is 0. The standard InChI is InChI=1S/C17H12N.C15H16N.Ir/c1-3-7-14(8-4-1)16-11-12-18-17(13-16)15-9-5-2-6-10-15;1-10-5-8-15(16-9-10)14-7-6-11(2)12(3)13(14)4;/h1-9,11-13H;5-6,8-9H,1-4H3;/q2*-1;. The monoisotopic (exact) mass is 633 g/mol. The van der Waals surface area contributed by atoms with Gasteiger partial charge >= 0.3 is 0 Å². The number of nitrogens with zero attached hydrogens (tertiary/aromatic N) is 2. The molecule has 177 valence electrons. The van der Waals surface area contributed by atoms with Crippen molar-refractivity contribution in [3.05, 3.63) is 132 Å². The predicted octanol–water partition coefficient (Wildman–Crippen LogP) is 8.00. The van der Waals surface area contributed by atoms with E-state index < -0.39 is 0 Å². The number of aryl methyl sites for hydroxylation is 2. The van der Waals surface area contributed by atoms with Crippen molar-refractivity contribution in [2.75, 3.05) is 0 Å². The van der Waals surface area contributed by atoms with Gasteiger partial charge in [-0.15, -0.1) is 70.3 Å². The second kappa shape index (κ2) is 12.4. The quantitative estimate of drug-likeness (QED) is 0.189. The molecule has 0 N–H and O–H groups in total. The molecule has 0 spiro atoms. The molecular weight excluding hydrogens is 605 g/mol. The van der Waals surface area contributed by atoms with Crippen LogP contribution in [-0.2, 0) is 20.1 Å². The van der Waals surface area contributed by atoms with Crippen LogP contribution < -0.4 is 0 Å². The summed E-state index contributed by atoms with van der Waals surface area (Å²) in [6, 6.07) is 35.1. The van der Waals surface area contributed by atoms with E-state index in [0.717, 1.165) is 22.5 Å². The topological polar surface area (TPSA) is 25.8 Å². The van der Waals surface area contributed by atoms with Gasteiger partial charge in [0.25, 0.3) is 0 Å². The number of pyridine rings is 2. The van der Waals surface area contributed by atoms with Gasteiger partial charge in [0, 0.05) is 32.5 Å². The second-order valence-corrected chi connectivity index (χ2v) is 8.39. The third-order valence-electron chi connectivity index (χ3n) is 5.98. The Morgan fingerprint density at radius 2 is 1.43 bits per heavy atom. The fourth-order valence-electron chi connectivity index (χ4n) is 3.70. The molecule has 0 atom stereocenters. The summed E-state index contributed by atoms with van der Waals surface area (Å²) in [5, 5.41) is 0. The van der Waals surface area contributed by atoms with E-state index >= 15 is 0 Å². The summed E-state index contributed by atoms with van der Waals surface area (Å²) >= 11 is 0. The van der Waals surface area contributed by atoms with Gasteiger partial charge in [-0.2, -0.15) is 0 Å². The van der Waals surface area contributed by atoms with E-state index in [0.29, 0.717) is 0 Å². The van der Waals surface area contributed by atoms with Crippen molar-refractivity contribution in [2.24, 2.45) is 0 Å². The third kappa shape index (κ3) is 6.60. The van der Waals surface area contributed by atoms with Crippen molar-refractivity contribution in [1.29, 1.82) is 0 Å². The smallest absolute Gasteiger partial charge is 0.0190 e. The second-order valence-electron chi connectivity index (χ2n) is 8.39. The first-order valence-electron chi connectivity index (χ1n) is 11.4. The Hall–Kier alpha value is -3.39. The zero-order valence-electron chi connectivity index (χ0n) is 20.5. The summed E-state index contributed by atoms with van der Waals surface area (Å²) in [5.41, 5.74) is 11.6. The van der Waals surface area contributed by atoms with Crippen LogP contribution in [0.5, 0.6) is 0 Å². The van der Waals surface area contributed by atoms with Crippen molar-refractivity contribution in [3.8, 4) is 33.6 Å². The van der Waals surface area contributed by atoms with Crippen LogP contribution in [-0.4, -0.2) is 9.97 Å². The Kier molecular flexibility index (Phi) is 9.25. The summed E-state index contributed by atoms with van der Waals surface area (Å²) in [6.45, 7) is 8.45. The molecule has 0 bridgehead atoms. The van der Waals surface area contributed by atoms with Gasteiger partial charge in [-0.1, -0.05) is 69.3 Å². The van der Waals surface area contributed by atoms with E-state index in [1.807, 2.05) is 73.9 Å². The van der Waals surface area contributed by atoms with E-state index in [9.17, 15) is 0 Å². The average Bonchev–Trinajstić information content (AvgIpc) is 2.90. The van der Waals surface area contributed by atoms with Gasteiger partial charge in [-0.3, -0.25) is 0 Å². The molecule has 5 aromatic rings. The van der Waals surface area contributed by atoms with Crippen LogP contribution >= 0.6 is 0 Å². The van der Waals surface area contributed by atoms with Crippen molar-refractivity contribution >= 4 is 0 Å². The molecule has 2 aromatic heterocycles. The Labute approximate surface area is 222 Å². The van der Waals surface area contributed by atoms with Gasteiger partial charge in [0.2, 0.25) is 0 Å². The molecule has 2 nitrogen and oxygen atoms in total. The maximum absolute atomic E-state index is 4.45. The molecule has 0 unspecified atom stereocenters. The third-order valence-corrected chi connectivity index (χ3v) is 5.98. The van der Waals surface area contributed by atoms with Crippen LogP contribution in [0.2, 0.25) is 0 Å². The molecule has 3 heteroatoms. The summed E-state index contributed by atoms with van der Waals surface area (Å²) in [5.74, 6) is 0. The van der Waals surface area contributed by atoms with E-state index in [1.54, 1.807) is 0 Å². The molecule has 0 saturated heterocycles. The molecular formula is C32H28IrN2-2. The fourth-order valence-corrected chi connectivity index (χ4v) is 3.70. The molecule has 0 aliphatic rings. The van der Waals surface area contributed by atoms with E-state index in [2.05, 4.69) is 73.2 Å².